The second-order valence-corrected chi connectivity index (χ2v) is 3.03. The van der Waals surface area contributed by atoms with E-state index in [1.807, 2.05) is 6.92 Å². The standard InChI is InChI=1S/C7H16N2O2/c1-4(6(8)9)3-5(2)7(10)11/h4-6H,3,8-9H2,1-2H3,(H,10,11). The van der Waals surface area contributed by atoms with Gasteiger partial charge in [-0.15, -0.1) is 0 Å². The van der Waals surface area contributed by atoms with Gasteiger partial charge in [-0.25, -0.2) is 0 Å². The van der Waals surface area contributed by atoms with Crippen LogP contribution < -0.4 is 11.5 Å². The molecule has 0 aliphatic rings. The number of nitrogens with two attached hydrogens (primary N) is 2. The second-order valence-electron chi connectivity index (χ2n) is 3.03. The van der Waals surface area contributed by atoms with Crippen molar-refractivity contribution >= 4 is 5.97 Å². The Labute approximate surface area is 66.6 Å². The third-order valence-electron chi connectivity index (χ3n) is 1.80. The van der Waals surface area contributed by atoms with Crippen molar-refractivity contribution in [1.29, 1.82) is 0 Å². The molecule has 4 nitrogen and oxygen atoms in total. The van der Waals surface area contributed by atoms with Crippen molar-refractivity contribution in [2.75, 3.05) is 0 Å². The van der Waals surface area contributed by atoms with Crippen molar-refractivity contribution in [3.63, 3.8) is 0 Å². The van der Waals surface area contributed by atoms with Crippen LogP contribution in [0.25, 0.3) is 0 Å². The SMILES string of the molecule is CC(CC(C)C(N)N)C(=O)O. The first-order valence-electron chi connectivity index (χ1n) is 3.69. The van der Waals surface area contributed by atoms with Crippen molar-refractivity contribution < 1.29 is 9.90 Å². The predicted octanol–water partition coefficient (Wildman–Crippen LogP) is -0.0232. The van der Waals surface area contributed by atoms with E-state index in [0.717, 1.165) is 0 Å². The summed E-state index contributed by atoms with van der Waals surface area (Å²) >= 11 is 0. The fourth-order valence-electron chi connectivity index (χ4n) is 0.816. The van der Waals surface area contributed by atoms with Crippen LogP contribution in [0, 0.1) is 11.8 Å². The van der Waals surface area contributed by atoms with Gasteiger partial charge in [0.2, 0.25) is 0 Å². The first-order valence-corrected chi connectivity index (χ1v) is 3.69. The number of carboxylic acid groups (broad SMARTS) is 1. The molecule has 0 aliphatic heterocycles. The molecule has 0 amide bonds. The van der Waals surface area contributed by atoms with Crippen LogP contribution >= 0.6 is 0 Å². The van der Waals surface area contributed by atoms with Crippen LogP contribution in [0.1, 0.15) is 20.3 Å². The molecule has 2 atom stereocenters. The molecule has 5 N–H and O–H groups in total. The van der Waals surface area contributed by atoms with Crippen LogP contribution in [0.3, 0.4) is 0 Å². The first-order chi connectivity index (χ1) is 4.95. The highest BCUT2D eigenvalue weighted by Gasteiger charge is 2.17. The molecular weight excluding hydrogens is 144 g/mol. The van der Waals surface area contributed by atoms with E-state index in [9.17, 15) is 4.79 Å². The molecule has 2 unspecified atom stereocenters. The van der Waals surface area contributed by atoms with Crippen molar-refractivity contribution in [1.82, 2.24) is 0 Å². The Bertz CT molecular complexity index is 136. The van der Waals surface area contributed by atoms with Crippen molar-refractivity contribution in [2.45, 2.75) is 26.4 Å². The Kier molecular flexibility index (Phi) is 4.07. The normalized spacial score (nSPS) is 16.5. The molecule has 0 fully saturated rings. The molecule has 0 radical (unpaired) electrons. The summed E-state index contributed by atoms with van der Waals surface area (Å²) in [6, 6.07) is 0. The highest BCUT2D eigenvalue weighted by atomic mass is 16.4. The molecule has 0 aromatic rings. The predicted molar refractivity (Wildman–Crippen MR) is 42.7 cm³/mol. The smallest absolute Gasteiger partial charge is 0.306 e. The van der Waals surface area contributed by atoms with Crippen LogP contribution in [0.4, 0.5) is 0 Å². The van der Waals surface area contributed by atoms with Crippen molar-refractivity contribution in [3.8, 4) is 0 Å². The molecule has 0 bridgehead atoms. The second kappa shape index (κ2) is 4.31. The zero-order chi connectivity index (χ0) is 9.02. The summed E-state index contributed by atoms with van der Waals surface area (Å²) < 4.78 is 0. The lowest BCUT2D eigenvalue weighted by molar-refractivity contribution is -0.141. The number of aliphatic carboxylic acids is 1. The summed E-state index contributed by atoms with van der Waals surface area (Å²) in [5.41, 5.74) is 10.7. The Morgan fingerprint density at radius 2 is 1.91 bits per heavy atom. The van der Waals surface area contributed by atoms with Crippen LogP contribution in [-0.2, 0) is 4.79 Å². The lowest BCUT2D eigenvalue weighted by Gasteiger charge is -2.17. The Morgan fingerprint density at radius 1 is 1.45 bits per heavy atom. The quantitative estimate of drug-likeness (QED) is 0.504. The fraction of sp³-hybridized carbons (Fsp3) is 0.857. The molecule has 0 rings (SSSR count). The van der Waals surface area contributed by atoms with Crippen LogP contribution in [0.15, 0.2) is 0 Å². The van der Waals surface area contributed by atoms with Gasteiger partial charge in [0.25, 0.3) is 0 Å². The van der Waals surface area contributed by atoms with Crippen molar-refractivity contribution in [3.05, 3.63) is 0 Å². The van der Waals surface area contributed by atoms with Gasteiger partial charge in [-0.3, -0.25) is 4.79 Å². The summed E-state index contributed by atoms with van der Waals surface area (Å²) in [5.74, 6) is -1.10. The van der Waals surface area contributed by atoms with E-state index in [0.29, 0.717) is 6.42 Å². The number of carboxylic acids is 1. The van der Waals surface area contributed by atoms with Gasteiger partial charge in [0, 0.05) is 0 Å². The summed E-state index contributed by atoms with van der Waals surface area (Å²) in [6.45, 7) is 3.51. The molecule has 4 heteroatoms. The molecule has 0 aromatic carbocycles. The number of hydrogen-bond donors (Lipinski definition) is 3. The third kappa shape index (κ3) is 3.95. The van der Waals surface area contributed by atoms with E-state index in [1.54, 1.807) is 6.92 Å². The monoisotopic (exact) mass is 160 g/mol. The maximum Gasteiger partial charge on any atom is 0.306 e. The van der Waals surface area contributed by atoms with Gasteiger partial charge in [0.05, 0.1) is 12.1 Å². The summed E-state index contributed by atoms with van der Waals surface area (Å²) in [5, 5.41) is 8.53. The third-order valence-corrected chi connectivity index (χ3v) is 1.80. The van der Waals surface area contributed by atoms with Gasteiger partial charge in [0.1, 0.15) is 0 Å². The van der Waals surface area contributed by atoms with Crippen LogP contribution in [0.5, 0.6) is 0 Å². The molecular formula is C7H16N2O2. The average molecular weight is 160 g/mol. The highest BCUT2D eigenvalue weighted by molar-refractivity contribution is 5.69. The minimum absolute atomic E-state index is 0.0566. The molecule has 0 aromatic heterocycles. The molecule has 0 aliphatic carbocycles. The zero-order valence-electron chi connectivity index (χ0n) is 6.95. The largest absolute Gasteiger partial charge is 0.481 e. The molecule has 0 spiro atoms. The van der Waals surface area contributed by atoms with E-state index < -0.39 is 12.1 Å². The first kappa shape index (κ1) is 10.4. The van der Waals surface area contributed by atoms with Crippen LogP contribution in [0.2, 0.25) is 0 Å². The lowest BCUT2D eigenvalue weighted by atomic mass is 9.96. The fourth-order valence-corrected chi connectivity index (χ4v) is 0.816. The minimum atomic E-state index is -0.794. The van der Waals surface area contributed by atoms with Crippen molar-refractivity contribution in [2.24, 2.45) is 23.3 Å². The molecule has 0 heterocycles. The number of carbonyl (C=O) groups is 1. The topological polar surface area (TPSA) is 89.3 Å². The van der Waals surface area contributed by atoms with Gasteiger partial charge in [0.15, 0.2) is 0 Å². The van der Waals surface area contributed by atoms with Gasteiger partial charge < -0.3 is 16.6 Å². The maximum atomic E-state index is 10.4. The maximum absolute atomic E-state index is 10.4. The average Bonchev–Trinajstić information content (AvgIpc) is 1.87. The van der Waals surface area contributed by atoms with E-state index >= 15 is 0 Å². The van der Waals surface area contributed by atoms with Gasteiger partial charge in [-0.2, -0.15) is 0 Å². The number of rotatable bonds is 4. The van der Waals surface area contributed by atoms with E-state index in [1.165, 1.54) is 0 Å². The summed E-state index contributed by atoms with van der Waals surface area (Å²) in [6.07, 6.45) is 0.115. The lowest BCUT2D eigenvalue weighted by Crippen LogP contribution is -2.38. The highest BCUT2D eigenvalue weighted by Crippen LogP contribution is 2.12. The molecule has 0 saturated heterocycles. The van der Waals surface area contributed by atoms with E-state index in [-0.39, 0.29) is 11.8 Å². The molecule has 0 saturated carbocycles. The van der Waals surface area contributed by atoms with Gasteiger partial charge >= 0.3 is 5.97 Å². The van der Waals surface area contributed by atoms with Crippen LogP contribution in [-0.4, -0.2) is 17.2 Å². The van der Waals surface area contributed by atoms with Gasteiger partial charge in [-0.05, 0) is 12.3 Å². The summed E-state index contributed by atoms with van der Waals surface area (Å²) in [4.78, 5) is 10.4. The summed E-state index contributed by atoms with van der Waals surface area (Å²) in [7, 11) is 0. The van der Waals surface area contributed by atoms with E-state index in [2.05, 4.69) is 0 Å². The van der Waals surface area contributed by atoms with Gasteiger partial charge in [-0.1, -0.05) is 13.8 Å². The molecule has 11 heavy (non-hydrogen) atoms. The zero-order valence-corrected chi connectivity index (χ0v) is 6.95. The Morgan fingerprint density at radius 3 is 2.18 bits per heavy atom. The Hall–Kier alpha value is -0.610. The molecule has 66 valence electrons. The Balaban J connectivity index is 3.75. The minimum Gasteiger partial charge on any atom is -0.481 e. The number of hydrogen-bond acceptors (Lipinski definition) is 3. The van der Waals surface area contributed by atoms with E-state index in [4.69, 9.17) is 16.6 Å².